The summed E-state index contributed by atoms with van der Waals surface area (Å²) in [5.74, 6) is -0.0235. The molecule has 0 heterocycles. The molecule has 0 bridgehead atoms. The van der Waals surface area contributed by atoms with Crippen LogP contribution in [0.25, 0.3) is 0 Å². The van der Waals surface area contributed by atoms with E-state index in [4.69, 9.17) is 9.47 Å². The van der Waals surface area contributed by atoms with Gasteiger partial charge in [0.05, 0.1) is 10.5 Å². The number of benzene rings is 3. The molecule has 7 heteroatoms. The van der Waals surface area contributed by atoms with Gasteiger partial charge < -0.3 is 9.47 Å². The maximum atomic E-state index is 12.1. The van der Waals surface area contributed by atoms with Crippen molar-refractivity contribution in [3.8, 4) is 11.5 Å². The van der Waals surface area contributed by atoms with Crippen LogP contribution >= 0.6 is 0 Å². The number of nitro benzene ring substituents is 1. The van der Waals surface area contributed by atoms with Gasteiger partial charge in [-0.05, 0) is 43.3 Å². The van der Waals surface area contributed by atoms with E-state index < -0.39 is 10.9 Å². The van der Waals surface area contributed by atoms with Crippen molar-refractivity contribution in [3.05, 3.63) is 99.6 Å². The minimum Gasteiger partial charge on any atom is -0.457 e. The fourth-order valence-electron chi connectivity index (χ4n) is 2.47. The highest BCUT2D eigenvalue weighted by Gasteiger charge is 2.12. The average molecular weight is 391 g/mol. The van der Waals surface area contributed by atoms with Crippen LogP contribution in [0.5, 0.6) is 11.5 Å². The van der Waals surface area contributed by atoms with Crippen molar-refractivity contribution in [2.45, 2.75) is 6.92 Å². The molecule has 0 spiro atoms. The van der Waals surface area contributed by atoms with Gasteiger partial charge in [0.15, 0.2) is 12.4 Å². The molecule has 146 valence electrons. The number of ketones is 1. The maximum Gasteiger partial charge on any atom is 0.338 e. The summed E-state index contributed by atoms with van der Waals surface area (Å²) in [5, 5.41) is 10.7. The molecule has 0 amide bonds. The number of hydrogen-bond acceptors (Lipinski definition) is 6. The van der Waals surface area contributed by atoms with E-state index in [9.17, 15) is 19.7 Å². The molecule has 3 aromatic rings. The number of carbonyl (C=O) groups excluding carboxylic acids is 2. The van der Waals surface area contributed by atoms with E-state index in [0.717, 1.165) is 5.56 Å². The Bertz CT molecular complexity index is 1020. The first-order chi connectivity index (χ1) is 13.9. The lowest BCUT2D eigenvalue weighted by Gasteiger charge is -2.07. The summed E-state index contributed by atoms with van der Waals surface area (Å²) in [6.45, 7) is 1.58. The summed E-state index contributed by atoms with van der Waals surface area (Å²) >= 11 is 0. The summed E-state index contributed by atoms with van der Waals surface area (Å²) in [5.41, 5.74) is 1.76. The lowest BCUT2D eigenvalue weighted by molar-refractivity contribution is -0.384. The van der Waals surface area contributed by atoms with E-state index in [1.54, 1.807) is 24.3 Å². The number of rotatable bonds is 7. The van der Waals surface area contributed by atoms with Crippen LogP contribution in [0.4, 0.5) is 5.69 Å². The van der Waals surface area contributed by atoms with Crippen LogP contribution in [-0.2, 0) is 4.74 Å². The largest absolute Gasteiger partial charge is 0.457 e. The van der Waals surface area contributed by atoms with Crippen molar-refractivity contribution in [3.63, 3.8) is 0 Å². The summed E-state index contributed by atoms with van der Waals surface area (Å²) in [4.78, 5) is 34.4. The molecule has 0 aromatic heterocycles. The van der Waals surface area contributed by atoms with E-state index in [1.807, 2.05) is 19.1 Å². The van der Waals surface area contributed by atoms with Crippen molar-refractivity contribution in [2.75, 3.05) is 6.61 Å². The van der Waals surface area contributed by atoms with Crippen LogP contribution in [0.15, 0.2) is 72.8 Å². The highest BCUT2D eigenvalue weighted by Crippen LogP contribution is 2.24. The molecular weight excluding hydrogens is 374 g/mol. The Morgan fingerprint density at radius 3 is 1.90 bits per heavy atom. The van der Waals surface area contributed by atoms with E-state index >= 15 is 0 Å². The lowest BCUT2D eigenvalue weighted by atomic mass is 10.1. The third-order valence-electron chi connectivity index (χ3n) is 4.08. The van der Waals surface area contributed by atoms with Crippen molar-refractivity contribution in [1.82, 2.24) is 0 Å². The van der Waals surface area contributed by atoms with Gasteiger partial charge in [-0.3, -0.25) is 14.9 Å². The second-order valence-corrected chi connectivity index (χ2v) is 6.24. The molecule has 0 unspecified atom stereocenters. The first-order valence-electron chi connectivity index (χ1n) is 8.72. The molecule has 0 saturated carbocycles. The molecule has 0 aliphatic rings. The molecule has 29 heavy (non-hydrogen) atoms. The average Bonchev–Trinajstić information content (AvgIpc) is 2.73. The van der Waals surface area contributed by atoms with Crippen molar-refractivity contribution >= 4 is 17.4 Å². The van der Waals surface area contributed by atoms with Crippen LogP contribution in [-0.4, -0.2) is 23.3 Å². The number of non-ortho nitro benzene ring substituents is 1. The van der Waals surface area contributed by atoms with Gasteiger partial charge in [-0.15, -0.1) is 0 Å². The second-order valence-electron chi connectivity index (χ2n) is 6.24. The number of ether oxygens (including phenoxy) is 2. The van der Waals surface area contributed by atoms with E-state index in [2.05, 4.69) is 0 Å². The minimum absolute atomic E-state index is 0.0318. The maximum absolute atomic E-state index is 12.1. The Balaban J connectivity index is 1.56. The Morgan fingerprint density at radius 1 is 0.828 bits per heavy atom. The summed E-state index contributed by atoms with van der Waals surface area (Å²) < 4.78 is 10.7. The number of Topliss-reactive ketones (excluding diaryl/α,β-unsaturated/α-hetero) is 1. The topological polar surface area (TPSA) is 95.7 Å². The predicted molar refractivity (Wildman–Crippen MR) is 105 cm³/mol. The molecule has 0 radical (unpaired) electrons. The van der Waals surface area contributed by atoms with E-state index in [-0.39, 0.29) is 23.6 Å². The summed E-state index contributed by atoms with van der Waals surface area (Å²) in [6.07, 6.45) is 0. The van der Waals surface area contributed by atoms with E-state index in [0.29, 0.717) is 17.1 Å². The Kier molecular flexibility index (Phi) is 5.99. The Labute approximate surface area is 166 Å². The molecule has 0 aliphatic carbocycles. The molecule has 0 fully saturated rings. The van der Waals surface area contributed by atoms with Crippen LogP contribution in [0, 0.1) is 17.0 Å². The number of aryl methyl sites for hydroxylation is 1. The van der Waals surface area contributed by atoms with Crippen LogP contribution in [0.3, 0.4) is 0 Å². The molecule has 0 aliphatic heterocycles. The Hall–Kier alpha value is -4.00. The third kappa shape index (κ3) is 5.26. The van der Waals surface area contributed by atoms with Crippen molar-refractivity contribution in [2.24, 2.45) is 0 Å². The first kappa shape index (κ1) is 19.8. The molecule has 3 aromatic carbocycles. The van der Waals surface area contributed by atoms with Crippen LogP contribution < -0.4 is 4.74 Å². The van der Waals surface area contributed by atoms with Crippen LogP contribution in [0.1, 0.15) is 26.3 Å². The standard InChI is InChI=1S/C22H17NO6/c1-15-2-4-16(5-3-15)21(24)14-28-22(25)17-6-10-19(11-7-17)29-20-12-8-18(9-13-20)23(26)27/h2-13H,14H2,1H3. The summed E-state index contributed by atoms with van der Waals surface area (Å²) in [6, 6.07) is 18.8. The monoisotopic (exact) mass is 391 g/mol. The minimum atomic E-state index is -0.618. The van der Waals surface area contributed by atoms with Gasteiger partial charge in [-0.2, -0.15) is 0 Å². The van der Waals surface area contributed by atoms with Gasteiger partial charge in [-0.25, -0.2) is 4.79 Å². The van der Waals surface area contributed by atoms with E-state index in [1.165, 1.54) is 36.4 Å². The van der Waals surface area contributed by atoms with Gasteiger partial charge in [0, 0.05) is 17.7 Å². The number of esters is 1. The van der Waals surface area contributed by atoms with Gasteiger partial charge in [0.1, 0.15) is 11.5 Å². The smallest absolute Gasteiger partial charge is 0.338 e. The zero-order chi connectivity index (χ0) is 20.8. The molecule has 7 nitrogen and oxygen atoms in total. The van der Waals surface area contributed by atoms with Gasteiger partial charge in [0.25, 0.3) is 5.69 Å². The zero-order valence-corrected chi connectivity index (χ0v) is 15.5. The SMILES string of the molecule is Cc1ccc(C(=O)COC(=O)c2ccc(Oc3ccc([N+](=O)[O-])cc3)cc2)cc1. The Morgan fingerprint density at radius 2 is 1.34 bits per heavy atom. The highest BCUT2D eigenvalue weighted by atomic mass is 16.6. The highest BCUT2D eigenvalue weighted by molar-refractivity contribution is 5.99. The molecule has 0 saturated heterocycles. The van der Waals surface area contributed by atoms with Crippen molar-refractivity contribution < 1.29 is 24.0 Å². The first-order valence-corrected chi connectivity index (χ1v) is 8.72. The fraction of sp³-hybridized carbons (Fsp3) is 0.0909. The number of carbonyl (C=O) groups is 2. The third-order valence-corrected chi connectivity index (χ3v) is 4.08. The molecule has 0 N–H and O–H groups in total. The molecule has 0 atom stereocenters. The van der Waals surface area contributed by atoms with Gasteiger partial charge in [0.2, 0.25) is 0 Å². The lowest BCUT2D eigenvalue weighted by Crippen LogP contribution is -2.14. The number of nitrogens with zero attached hydrogens (tertiary/aromatic N) is 1. The zero-order valence-electron chi connectivity index (χ0n) is 15.5. The number of hydrogen-bond donors (Lipinski definition) is 0. The molecular formula is C22H17NO6. The predicted octanol–water partition coefficient (Wildman–Crippen LogP) is 4.74. The molecule has 3 rings (SSSR count). The normalized spacial score (nSPS) is 10.2. The summed E-state index contributed by atoms with van der Waals surface area (Å²) in [7, 11) is 0. The van der Waals surface area contributed by atoms with Gasteiger partial charge in [-0.1, -0.05) is 29.8 Å². The van der Waals surface area contributed by atoms with Crippen LogP contribution in [0.2, 0.25) is 0 Å². The second kappa shape index (κ2) is 8.79. The fourth-order valence-corrected chi connectivity index (χ4v) is 2.47. The van der Waals surface area contributed by atoms with Crippen molar-refractivity contribution in [1.29, 1.82) is 0 Å². The quantitative estimate of drug-likeness (QED) is 0.250. The van der Waals surface area contributed by atoms with Gasteiger partial charge >= 0.3 is 5.97 Å². The number of nitro groups is 1.